The zero-order valence-corrected chi connectivity index (χ0v) is 14.5. The van der Waals surface area contributed by atoms with E-state index in [0.29, 0.717) is 14.0 Å². The summed E-state index contributed by atoms with van der Waals surface area (Å²) < 4.78 is 2.90. The SMILES string of the molecule is Cc1cccc2nc3s/c(=C\c4ccc(O)c(Br)c4)c(=O)n3c12. The quantitative estimate of drug-likeness (QED) is 0.546. The number of thiazole rings is 1. The summed E-state index contributed by atoms with van der Waals surface area (Å²) >= 11 is 4.65. The number of imidazole rings is 1. The first-order valence-electron chi connectivity index (χ1n) is 6.95. The highest BCUT2D eigenvalue weighted by molar-refractivity contribution is 9.10. The van der Waals surface area contributed by atoms with Gasteiger partial charge >= 0.3 is 0 Å². The maximum absolute atomic E-state index is 12.8. The minimum atomic E-state index is -0.0639. The Morgan fingerprint density at radius 2 is 2.13 bits per heavy atom. The smallest absolute Gasteiger partial charge is 0.274 e. The Morgan fingerprint density at radius 1 is 1.30 bits per heavy atom. The summed E-state index contributed by atoms with van der Waals surface area (Å²) in [7, 11) is 0. The first-order valence-corrected chi connectivity index (χ1v) is 8.56. The van der Waals surface area contributed by atoms with E-state index < -0.39 is 0 Å². The summed E-state index contributed by atoms with van der Waals surface area (Å²) in [5, 5.41) is 9.56. The van der Waals surface area contributed by atoms with Gasteiger partial charge in [-0.3, -0.25) is 4.79 Å². The molecule has 4 aromatic rings. The van der Waals surface area contributed by atoms with Crippen molar-refractivity contribution in [1.29, 1.82) is 0 Å². The van der Waals surface area contributed by atoms with Crippen molar-refractivity contribution < 1.29 is 5.11 Å². The molecule has 0 amide bonds. The van der Waals surface area contributed by atoms with Gasteiger partial charge in [0, 0.05) is 0 Å². The monoisotopic (exact) mass is 386 g/mol. The molecule has 2 heterocycles. The van der Waals surface area contributed by atoms with Crippen LogP contribution in [-0.2, 0) is 0 Å². The molecule has 114 valence electrons. The van der Waals surface area contributed by atoms with E-state index in [2.05, 4.69) is 20.9 Å². The highest BCUT2D eigenvalue weighted by Crippen LogP contribution is 2.24. The van der Waals surface area contributed by atoms with Crippen molar-refractivity contribution in [2.75, 3.05) is 0 Å². The van der Waals surface area contributed by atoms with Crippen LogP contribution in [0.5, 0.6) is 5.75 Å². The molecule has 0 aliphatic carbocycles. The first kappa shape index (κ1) is 14.4. The maximum atomic E-state index is 12.8. The Labute approximate surface area is 143 Å². The number of aryl methyl sites for hydroxylation is 1. The largest absolute Gasteiger partial charge is 0.507 e. The van der Waals surface area contributed by atoms with E-state index in [-0.39, 0.29) is 11.3 Å². The van der Waals surface area contributed by atoms with Gasteiger partial charge in [0.15, 0.2) is 4.96 Å². The lowest BCUT2D eigenvalue weighted by atomic mass is 10.2. The lowest BCUT2D eigenvalue weighted by Gasteiger charge is -1.97. The molecule has 2 aromatic heterocycles. The van der Waals surface area contributed by atoms with Crippen molar-refractivity contribution in [2.45, 2.75) is 6.92 Å². The van der Waals surface area contributed by atoms with Gasteiger partial charge in [-0.05, 0) is 58.3 Å². The van der Waals surface area contributed by atoms with Crippen LogP contribution in [0.3, 0.4) is 0 Å². The first-order chi connectivity index (χ1) is 11.0. The zero-order chi connectivity index (χ0) is 16.1. The third-order valence-electron chi connectivity index (χ3n) is 3.73. The van der Waals surface area contributed by atoms with Gasteiger partial charge in [0.05, 0.1) is 20.0 Å². The number of halogens is 1. The summed E-state index contributed by atoms with van der Waals surface area (Å²) in [6.07, 6.45) is 1.82. The molecule has 4 rings (SSSR count). The number of phenols is 1. The minimum Gasteiger partial charge on any atom is -0.507 e. The van der Waals surface area contributed by atoms with Gasteiger partial charge in [0.25, 0.3) is 5.56 Å². The van der Waals surface area contributed by atoms with Crippen LogP contribution in [0.15, 0.2) is 45.7 Å². The molecule has 0 unspecified atom stereocenters. The van der Waals surface area contributed by atoms with Crippen molar-refractivity contribution >= 4 is 49.3 Å². The summed E-state index contributed by atoms with van der Waals surface area (Å²) in [6.45, 7) is 1.98. The third-order valence-corrected chi connectivity index (χ3v) is 5.34. The Balaban J connectivity index is 2.02. The van der Waals surface area contributed by atoms with Gasteiger partial charge in [-0.2, -0.15) is 0 Å². The van der Waals surface area contributed by atoms with Gasteiger partial charge in [-0.1, -0.05) is 29.5 Å². The standard InChI is InChI=1S/C17H11BrN2O2S/c1-9-3-2-4-12-15(9)20-16(22)14(23-17(20)19-12)8-10-5-6-13(21)11(18)7-10/h2-8,21H,1H3/b14-8-. The Morgan fingerprint density at radius 3 is 2.91 bits per heavy atom. The van der Waals surface area contributed by atoms with Crippen molar-refractivity contribution in [1.82, 2.24) is 9.38 Å². The molecule has 23 heavy (non-hydrogen) atoms. The van der Waals surface area contributed by atoms with Crippen molar-refractivity contribution in [3.63, 3.8) is 0 Å². The molecule has 0 bridgehead atoms. The van der Waals surface area contributed by atoms with Crippen LogP contribution < -0.4 is 10.1 Å². The number of hydrogen-bond donors (Lipinski definition) is 1. The molecule has 0 radical (unpaired) electrons. The Bertz CT molecular complexity index is 1180. The van der Waals surface area contributed by atoms with Crippen LogP contribution in [-0.4, -0.2) is 14.5 Å². The molecule has 2 aromatic carbocycles. The number of phenolic OH excluding ortho intramolecular Hbond substituents is 1. The number of nitrogens with zero attached hydrogens (tertiary/aromatic N) is 2. The van der Waals surface area contributed by atoms with Gasteiger partial charge in [-0.25, -0.2) is 9.38 Å². The lowest BCUT2D eigenvalue weighted by Crippen LogP contribution is -2.22. The van der Waals surface area contributed by atoms with Crippen molar-refractivity contribution in [3.8, 4) is 5.75 Å². The number of rotatable bonds is 1. The highest BCUT2D eigenvalue weighted by atomic mass is 79.9. The predicted octanol–water partition coefficient (Wildman–Crippen LogP) is 3.23. The van der Waals surface area contributed by atoms with E-state index in [0.717, 1.165) is 22.2 Å². The summed E-state index contributed by atoms with van der Waals surface area (Å²) in [6, 6.07) is 11.0. The summed E-state index contributed by atoms with van der Waals surface area (Å²) in [4.78, 5) is 18.0. The molecular formula is C17H11BrN2O2S. The third kappa shape index (κ3) is 2.26. The fourth-order valence-electron chi connectivity index (χ4n) is 2.64. The van der Waals surface area contributed by atoms with Crippen LogP contribution in [0.2, 0.25) is 0 Å². The number of fused-ring (bicyclic) bond motifs is 3. The molecule has 0 aliphatic heterocycles. The van der Waals surface area contributed by atoms with E-state index in [1.807, 2.05) is 31.2 Å². The molecule has 4 nitrogen and oxygen atoms in total. The average Bonchev–Trinajstić information content (AvgIpc) is 3.01. The Kier molecular flexibility index (Phi) is 3.25. The minimum absolute atomic E-state index is 0.0639. The second kappa shape index (κ2) is 5.18. The molecule has 1 N–H and O–H groups in total. The molecule has 0 atom stereocenters. The van der Waals surface area contributed by atoms with Crippen LogP contribution in [0.25, 0.3) is 22.1 Å². The second-order valence-electron chi connectivity index (χ2n) is 5.30. The van der Waals surface area contributed by atoms with Crippen LogP contribution in [0, 0.1) is 6.92 Å². The zero-order valence-electron chi connectivity index (χ0n) is 12.1. The van der Waals surface area contributed by atoms with Gasteiger partial charge < -0.3 is 5.11 Å². The molecule has 0 spiro atoms. The normalized spacial score (nSPS) is 12.5. The predicted molar refractivity (Wildman–Crippen MR) is 96.2 cm³/mol. The number of aromatic hydroxyl groups is 1. The molecule has 0 saturated heterocycles. The number of hydrogen-bond acceptors (Lipinski definition) is 4. The molecule has 6 heteroatoms. The fraction of sp³-hybridized carbons (Fsp3) is 0.0588. The molecular weight excluding hydrogens is 376 g/mol. The number of para-hydroxylation sites is 1. The van der Waals surface area contributed by atoms with E-state index in [1.165, 1.54) is 11.3 Å². The van der Waals surface area contributed by atoms with E-state index >= 15 is 0 Å². The van der Waals surface area contributed by atoms with E-state index in [4.69, 9.17) is 0 Å². The maximum Gasteiger partial charge on any atom is 0.274 e. The van der Waals surface area contributed by atoms with Gasteiger partial charge in [0.1, 0.15) is 5.75 Å². The summed E-state index contributed by atoms with van der Waals surface area (Å²) in [5.41, 5.74) is 3.52. The van der Waals surface area contributed by atoms with Gasteiger partial charge in [-0.15, -0.1) is 0 Å². The van der Waals surface area contributed by atoms with Crippen molar-refractivity contribution in [2.24, 2.45) is 0 Å². The second-order valence-corrected chi connectivity index (χ2v) is 7.16. The number of benzene rings is 2. The number of aromatic nitrogens is 2. The Hall–Kier alpha value is -2.18. The fourth-order valence-corrected chi connectivity index (χ4v) is 4.01. The highest BCUT2D eigenvalue weighted by Gasteiger charge is 2.12. The van der Waals surface area contributed by atoms with Crippen LogP contribution in [0.4, 0.5) is 0 Å². The average molecular weight is 387 g/mol. The summed E-state index contributed by atoms with van der Waals surface area (Å²) in [5.74, 6) is 0.173. The van der Waals surface area contributed by atoms with Crippen molar-refractivity contribution in [3.05, 3.63) is 66.9 Å². The van der Waals surface area contributed by atoms with Gasteiger partial charge in [0.2, 0.25) is 0 Å². The molecule has 0 fully saturated rings. The lowest BCUT2D eigenvalue weighted by molar-refractivity contribution is 0.472. The van der Waals surface area contributed by atoms with Crippen LogP contribution in [0.1, 0.15) is 11.1 Å². The van der Waals surface area contributed by atoms with E-state index in [1.54, 1.807) is 22.6 Å². The van der Waals surface area contributed by atoms with E-state index in [9.17, 15) is 9.90 Å². The van der Waals surface area contributed by atoms with Crippen LogP contribution >= 0.6 is 27.3 Å². The topological polar surface area (TPSA) is 54.6 Å². The molecule has 0 saturated carbocycles. The molecule has 0 aliphatic rings.